The van der Waals surface area contributed by atoms with E-state index in [0.29, 0.717) is 24.6 Å². The number of hydrogen-bond donors (Lipinski definition) is 1. The minimum Gasteiger partial charge on any atom is -0.456 e. The van der Waals surface area contributed by atoms with Gasteiger partial charge in [-0.2, -0.15) is 0 Å². The number of nitrogens with one attached hydrogen (secondary N) is 1. The molecule has 0 aliphatic rings. The summed E-state index contributed by atoms with van der Waals surface area (Å²) in [7, 11) is 0. The number of carbonyl (C=O) groups is 1. The molecule has 0 spiro atoms. The smallest absolute Gasteiger partial charge is 0.287 e. The molecular formula is C16H14N4O3S. The Hall–Kier alpha value is -2.87. The van der Waals surface area contributed by atoms with Crippen molar-refractivity contribution < 1.29 is 9.21 Å². The van der Waals surface area contributed by atoms with Gasteiger partial charge in [0.05, 0.1) is 5.69 Å². The van der Waals surface area contributed by atoms with Crippen LogP contribution >= 0.6 is 11.3 Å². The number of carbonyl (C=O) groups excluding carboxylic acids is 1. The Morgan fingerprint density at radius 2 is 2.08 bits per heavy atom. The Balaban J connectivity index is 1.58. The molecule has 0 saturated heterocycles. The van der Waals surface area contributed by atoms with Crippen molar-refractivity contribution in [2.24, 2.45) is 0 Å². The van der Waals surface area contributed by atoms with Crippen LogP contribution in [0.5, 0.6) is 0 Å². The van der Waals surface area contributed by atoms with Crippen LogP contribution in [0.2, 0.25) is 0 Å². The fourth-order valence-electron chi connectivity index (χ4n) is 2.04. The minimum absolute atomic E-state index is 0.0108. The van der Waals surface area contributed by atoms with Crippen molar-refractivity contribution in [1.29, 1.82) is 0 Å². The summed E-state index contributed by atoms with van der Waals surface area (Å²) in [6, 6.07) is 4.26. The fraction of sp³-hybridized carbons (Fsp3) is 0.188. The van der Waals surface area contributed by atoms with Crippen molar-refractivity contribution in [3.05, 3.63) is 63.4 Å². The van der Waals surface area contributed by atoms with E-state index in [1.165, 1.54) is 23.5 Å². The third kappa shape index (κ3) is 3.90. The van der Waals surface area contributed by atoms with Crippen molar-refractivity contribution in [3.63, 3.8) is 0 Å². The van der Waals surface area contributed by atoms with Crippen LogP contribution in [-0.2, 0) is 6.42 Å². The summed E-state index contributed by atoms with van der Waals surface area (Å²) < 4.78 is 5.24. The Morgan fingerprint density at radius 3 is 2.83 bits per heavy atom. The van der Waals surface area contributed by atoms with E-state index in [1.807, 2.05) is 5.38 Å². The standard InChI is InChI=1S/C16H14N4O3S/c1-10-7-12(21)8-13(23-10)15(22)19-6-3-11-9-24-16(20-11)14-17-4-2-5-18-14/h2,4-5,7-9H,3,6H2,1H3,(H,19,22). The number of thiazole rings is 1. The first-order chi connectivity index (χ1) is 11.6. The number of aryl methyl sites for hydroxylation is 1. The van der Waals surface area contributed by atoms with Crippen molar-refractivity contribution in [3.8, 4) is 10.8 Å². The molecule has 3 aromatic rings. The maximum atomic E-state index is 12.0. The van der Waals surface area contributed by atoms with Gasteiger partial charge in [-0.3, -0.25) is 9.59 Å². The third-order valence-corrected chi connectivity index (χ3v) is 3.98. The summed E-state index contributed by atoms with van der Waals surface area (Å²) in [5, 5.41) is 5.36. The molecule has 0 saturated carbocycles. The van der Waals surface area contributed by atoms with E-state index < -0.39 is 5.91 Å². The van der Waals surface area contributed by atoms with E-state index in [4.69, 9.17) is 4.42 Å². The van der Waals surface area contributed by atoms with Gasteiger partial charge in [-0.1, -0.05) is 0 Å². The van der Waals surface area contributed by atoms with Crippen molar-refractivity contribution in [2.75, 3.05) is 6.54 Å². The minimum atomic E-state index is -0.419. The molecule has 0 radical (unpaired) electrons. The molecule has 122 valence electrons. The topological polar surface area (TPSA) is 98.0 Å². The van der Waals surface area contributed by atoms with Gasteiger partial charge in [0.25, 0.3) is 5.91 Å². The molecule has 0 fully saturated rings. The monoisotopic (exact) mass is 342 g/mol. The summed E-state index contributed by atoms with van der Waals surface area (Å²) in [4.78, 5) is 36.1. The van der Waals surface area contributed by atoms with Gasteiger partial charge in [0.15, 0.2) is 22.0 Å². The third-order valence-electron chi connectivity index (χ3n) is 3.09. The first kappa shape index (κ1) is 16.0. The molecule has 0 bridgehead atoms. The van der Waals surface area contributed by atoms with Gasteiger partial charge in [0.2, 0.25) is 0 Å². The average molecular weight is 342 g/mol. The van der Waals surface area contributed by atoms with E-state index in [2.05, 4.69) is 20.3 Å². The summed E-state index contributed by atoms with van der Waals surface area (Å²) in [5.41, 5.74) is 0.587. The largest absolute Gasteiger partial charge is 0.456 e. The Morgan fingerprint density at radius 1 is 1.29 bits per heavy atom. The fourth-order valence-corrected chi connectivity index (χ4v) is 2.84. The molecule has 3 rings (SSSR count). The van der Waals surface area contributed by atoms with Crippen molar-refractivity contribution in [2.45, 2.75) is 13.3 Å². The van der Waals surface area contributed by atoms with E-state index in [9.17, 15) is 9.59 Å². The van der Waals surface area contributed by atoms with Crippen LogP contribution in [0.25, 0.3) is 10.8 Å². The lowest BCUT2D eigenvalue weighted by molar-refractivity contribution is 0.0922. The highest BCUT2D eigenvalue weighted by molar-refractivity contribution is 7.13. The molecule has 8 heteroatoms. The highest BCUT2D eigenvalue weighted by Crippen LogP contribution is 2.19. The van der Waals surface area contributed by atoms with Crippen molar-refractivity contribution in [1.82, 2.24) is 20.3 Å². The molecule has 7 nitrogen and oxygen atoms in total. The second-order valence-corrected chi connectivity index (χ2v) is 5.85. The van der Waals surface area contributed by atoms with E-state index in [0.717, 1.165) is 10.7 Å². The molecule has 0 atom stereocenters. The number of nitrogens with zero attached hydrogens (tertiary/aromatic N) is 3. The van der Waals surface area contributed by atoms with Crippen LogP contribution in [-0.4, -0.2) is 27.4 Å². The molecule has 0 aliphatic carbocycles. The first-order valence-electron chi connectivity index (χ1n) is 7.23. The quantitative estimate of drug-likeness (QED) is 0.760. The predicted molar refractivity (Wildman–Crippen MR) is 88.9 cm³/mol. The van der Waals surface area contributed by atoms with Crippen LogP contribution in [0.3, 0.4) is 0 Å². The van der Waals surface area contributed by atoms with Gasteiger partial charge in [-0.25, -0.2) is 15.0 Å². The normalized spacial score (nSPS) is 10.5. The second kappa shape index (κ2) is 7.14. The number of aromatic nitrogens is 3. The summed E-state index contributed by atoms with van der Waals surface area (Å²) in [6.07, 6.45) is 3.89. The van der Waals surface area contributed by atoms with Gasteiger partial charge in [0, 0.05) is 42.9 Å². The Bertz CT molecular complexity index is 905. The van der Waals surface area contributed by atoms with E-state index >= 15 is 0 Å². The molecule has 0 unspecified atom stereocenters. The second-order valence-electron chi connectivity index (χ2n) is 4.99. The lowest BCUT2D eigenvalue weighted by Gasteiger charge is -2.03. The molecule has 24 heavy (non-hydrogen) atoms. The van der Waals surface area contributed by atoms with E-state index in [-0.39, 0.29) is 11.2 Å². The highest BCUT2D eigenvalue weighted by Gasteiger charge is 2.11. The van der Waals surface area contributed by atoms with Gasteiger partial charge < -0.3 is 9.73 Å². The lowest BCUT2D eigenvalue weighted by atomic mass is 10.3. The van der Waals surface area contributed by atoms with Crippen LogP contribution in [0.4, 0.5) is 0 Å². The Labute approximate surface area is 141 Å². The maximum absolute atomic E-state index is 12.0. The van der Waals surface area contributed by atoms with Crippen LogP contribution in [0, 0.1) is 6.92 Å². The molecule has 3 heterocycles. The van der Waals surface area contributed by atoms with Crippen LogP contribution in [0.15, 0.2) is 45.2 Å². The predicted octanol–water partition coefficient (Wildman–Crippen LogP) is 1.83. The van der Waals surface area contributed by atoms with E-state index in [1.54, 1.807) is 25.4 Å². The zero-order valence-corrected chi connectivity index (χ0v) is 13.7. The molecule has 1 N–H and O–H groups in total. The van der Waals surface area contributed by atoms with Crippen LogP contribution in [0.1, 0.15) is 22.0 Å². The zero-order valence-electron chi connectivity index (χ0n) is 12.9. The molecular weight excluding hydrogens is 328 g/mol. The molecule has 3 aromatic heterocycles. The number of hydrogen-bond acceptors (Lipinski definition) is 7. The maximum Gasteiger partial charge on any atom is 0.287 e. The summed E-state index contributed by atoms with van der Waals surface area (Å²) in [5.74, 6) is 0.577. The number of rotatable bonds is 5. The van der Waals surface area contributed by atoms with Crippen molar-refractivity contribution >= 4 is 17.2 Å². The summed E-state index contributed by atoms with van der Waals surface area (Å²) >= 11 is 1.45. The average Bonchev–Trinajstić information content (AvgIpc) is 3.03. The van der Waals surface area contributed by atoms with Crippen LogP contribution < -0.4 is 10.7 Å². The highest BCUT2D eigenvalue weighted by atomic mass is 32.1. The summed E-state index contributed by atoms with van der Waals surface area (Å²) in [6.45, 7) is 2.01. The molecule has 0 aliphatic heterocycles. The Kier molecular flexibility index (Phi) is 4.76. The van der Waals surface area contributed by atoms with Gasteiger partial charge in [-0.05, 0) is 13.0 Å². The molecule has 1 amide bonds. The lowest BCUT2D eigenvalue weighted by Crippen LogP contribution is -2.26. The zero-order chi connectivity index (χ0) is 16.9. The van der Waals surface area contributed by atoms with Gasteiger partial charge >= 0.3 is 0 Å². The van der Waals surface area contributed by atoms with Gasteiger partial charge in [0.1, 0.15) is 5.76 Å². The van der Waals surface area contributed by atoms with Gasteiger partial charge in [-0.15, -0.1) is 11.3 Å². The molecule has 0 aromatic carbocycles. The SMILES string of the molecule is Cc1cc(=O)cc(C(=O)NCCc2csc(-c3ncccn3)n2)o1. The first-order valence-corrected chi connectivity index (χ1v) is 8.11. The number of amides is 1.